The molecule has 30 heavy (non-hydrogen) atoms. The van der Waals surface area contributed by atoms with Crippen LogP contribution in [0.5, 0.6) is 0 Å². The van der Waals surface area contributed by atoms with Crippen LogP contribution in [0, 0.1) is 6.92 Å². The molecule has 0 bridgehead atoms. The highest BCUT2D eigenvalue weighted by molar-refractivity contribution is 5.93. The third-order valence-electron chi connectivity index (χ3n) is 6.77. The summed E-state index contributed by atoms with van der Waals surface area (Å²) in [5, 5.41) is 3.16. The number of nitrogens with one attached hydrogen (secondary N) is 1. The van der Waals surface area contributed by atoms with Crippen molar-refractivity contribution >= 4 is 17.3 Å². The van der Waals surface area contributed by atoms with Crippen molar-refractivity contribution in [3.63, 3.8) is 0 Å². The molecule has 1 N–H and O–H groups in total. The van der Waals surface area contributed by atoms with Gasteiger partial charge in [0, 0.05) is 50.1 Å². The molecule has 0 saturated carbocycles. The Morgan fingerprint density at radius 3 is 2.53 bits per heavy atom. The van der Waals surface area contributed by atoms with Gasteiger partial charge in [-0.2, -0.15) is 0 Å². The molecule has 6 heteroatoms. The molecule has 3 atom stereocenters. The molecule has 3 aliphatic rings. The summed E-state index contributed by atoms with van der Waals surface area (Å²) < 4.78 is 5.87. The van der Waals surface area contributed by atoms with Gasteiger partial charge in [0.15, 0.2) is 0 Å². The fourth-order valence-corrected chi connectivity index (χ4v) is 5.38. The molecule has 3 unspecified atom stereocenters. The standard InChI is InChI=1S/C24H38N4O2/c1-18-13-21(27-10-4-5-11-27)8-9-23(18)25-24(29)17-28-12-6-7-22(28)16-26-14-19(2)30-20(3)15-26/h8-9,13,19-20,22H,4-7,10-12,14-17H2,1-3H3,(H,25,29). The van der Waals surface area contributed by atoms with Gasteiger partial charge in [-0.25, -0.2) is 0 Å². The van der Waals surface area contributed by atoms with E-state index in [0.717, 1.165) is 50.5 Å². The smallest absolute Gasteiger partial charge is 0.238 e. The van der Waals surface area contributed by atoms with Gasteiger partial charge >= 0.3 is 0 Å². The van der Waals surface area contributed by atoms with E-state index in [2.05, 4.69) is 59.0 Å². The number of hydrogen-bond acceptors (Lipinski definition) is 5. The zero-order valence-corrected chi connectivity index (χ0v) is 18.9. The fraction of sp³-hybridized carbons (Fsp3) is 0.708. The zero-order valence-electron chi connectivity index (χ0n) is 18.9. The van der Waals surface area contributed by atoms with E-state index in [-0.39, 0.29) is 5.91 Å². The van der Waals surface area contributed by atoms with Gasteiger partial charge in [-0.3, -0.25) is 14.6 Å². The number of benzene rings is 1. The molecule has 0 aliphatic carbocycles. The SMILES string of the molecule is Cc1cc(N2CCCC2)ccc1NC(=O)CN1CCCC1CN1CC(C)OC(C)C1. The van der Waals surface area contributed by atoms with Crippen LogP contribution >= 0.6 is 0 Å². The van der Waals surface area contributed by atoms with Crippen LogP contribution < -0.4 is 10.2 Å². The highest BCUT2D eigenvalue weighted by Crippen LogP contribution is 2.26. The second-order valence-corrected chi connectivity index (χ2v) is 9.48. The van der Waals surface area contributed by atoms with Gasteiger partial charge in [-0.05, 0) is 76.8 Å². The summed E-state index contributed by atoms with van der Waals surface area (Å²) in [6.45, 7) is 13.2. The van der Waals surface area contributed by atoms with Crippen molar-refractivity contribution in [1.29, 1.82) is 0 Å². The zero-order chi connectivity index (χ0) is 21.1. The predicted molar refractivity (Wildman–Crippen MR) is 122 cm³/mol. The second-order valence-electron chi connectivity index (χ2n) is 9.48. The molecule has 3 aliphatic heterocycles. The number of carbonyl (C=O) groups excluding carboxylic acids is 1. The van der Waals surface area contributed by atoms with E-state index in [1.54, 1.807) is 0 Å². The van der Waals surface area contributed by atoms with Gasteiger partial charge in [-0.1, -0.05) is 0 Å². The van der Waals surface area contributed by atoms with Crippen molar-refractivity contribution in [2.24, 2.45) is 0 Å². The maximum absolute atomic E-state index is 12.8. The molecule has 3 fully saturated rings. The maximum Gasteiger partial charge on any atom is 0.238 e. The number of morpholine rings is 1. The summed E-state index contributed by atoms with van der Waals surface area (Å²) in [7, 11) is 0. The number of aryl methyl sites for hydroxylation is 1. The molecule has 1 aromatic rings. The molecule has 3 saturated heterocycles. The molecule has 1 aromatic carbocycles. The Labute approximate surface area is 181 Å². The Hall–Kier alpha value is -1.63. The molecule has 4 rings (SSSR count). The largest absolute Gasteiger partial charge is 0.373 e. The van der Waals surface area contributed by atoms with Crippen molar-refractivity contribution in [2.75, 3.05) is 56.0 Å². The van der Waals surface area contributed by atoms with Gasteiger partial charge in [0.1, 0.15) is 0 Å². The molecule has 1 amide bonds. The Morgan fingerprint density at radius 1 is 1.10 bits per heavy atom. The van der Waals surface area contributed by atoms with Crippen molar-refractivity contribution in [2.45, 2.75) is 64.7 Å². The van der Waals surface area contributed by atoms with E-state index in [1.165, 1.54) is 31.4 Å². The molecular formula is C24H38N4O2. The molecule has 166 valence electrons. The van der Waals surface area contributed by atoms with Crippen LogP contribution in [0.1, 0.15) is 45.1 Å². The minimum Gasteiger partial charge on any atom is -0.373 e. The summed E-state index contributed by atoms with van der Waals surface area (Å²) in [5.41, 5.74) is 3.35. The monoisotopic (exact) mass is 414 g/mol. The summed E-state index contributed by atoms with van der Waals surface area (Å²) >= 11 is 0. The number of carbonyl (C=O) groups is 1. The number of ether oxygens (including phenoxy) is 1. The first-order valence-electron chi connectivity index (χ1n) is 11.8. The van der Waals surface area contributed by atoms with E-state index in [1.807, 2.05) is 0 Å². The second kappa shape index (κ2) is 9.67. The van der Waals surface area contributed by atoms with Gasteiger partial charge in [0.2, 0.25) is 5.91 Å². The summed E-state index contributed by atoms with van der Waals surface area (Å²) in [6.07, 6.45) is 5.48. The Bertz CT molecular complexity index is 724. The number of nitrogens with zero attached hydrogens (tertiary/aromatic N) is 3. The van der Waals surface area contributed by atoms with E-state index >= 15 is 0 Å². The quantitative estimate of drug-likeness (QED) is 0.775. The first-order valence-corrected chi connectivity index (χ1v) is 11.8. The molecule has 6 nitrogen and oxygen atoms in total. The lowest BCUT2D eigenvalue weighted by atomic mass is 10.1. The van der Waals surface area contributed by atoms with Gasteiger partial charge < -0.3 is 15.0 Å². The normalized spacial score (nSPS) is 28.2. The van der Waals surface area contributed by atoms with E-state index < -0.39 is 0 Å². The number of anilines is 2. The minimum absolute atomic E-state index is 0.0997. The third-order valence-corrected chi connectivity index (χ3v) is 6.77. The van der Waals surface area contributed by atoms with Crippen LogP contribution in [0.4, 0.5) is 11.4 Å². The predicted octanol–water partition coefficient (Wildman–Crippen LogP) is 3.11. The van der Waals surface area contributed by atoms with Gasteiger partial charge in [-0.15, -0.1) is 0 Å². The highest BCUT2D eigenvalue weighted by atomic mass is 16.5. The lowest BCUT2D eigenvalue weighted by Gasteiger charge is -2.38. The fourth-order valence-electron chi connectivity index (χ4n) is 5.38. The van der Waals surface area contributed by atoms with Crippen molar-refractivity contribution in [1.82, 2.24) is 9.80 Å². The maximum atomic E-state index is 12.8. The highest BCUT2D eigenvalue weighted by Gasteiger charge is 2.30. The molecule has 0 aromatic heterocycles. The number of amides is 1. The molecular weight excluding hydrogens is 376 g/mol. The van der Waals surface area contributed by atoms with Crippen LogP contribution in [-0.2, 0) is 9.53 Å². The number of hydrogen-bond donors (Lipinski definition) is 1. The van der Waals surface area contributed by atoms with Crippen LogP contribution in [0.2, 0.25) is 0 Å². The number of rotatable bonds is 6. The summed E-state index contributed by atoms with van der Waals surface area (Å²) in [6, 6.07) is 6.89. The van der Waals surface area contributed by atoms with Gasteiger partial charge in [0.05, 0.1) is 18.8 Å². The summed E-state index contributed by atoms with van der Waals surface area (Å²) in [5.74, 6) is 0.0997. The van der Waals surface area contributed by atoms with Crippen molar-refractivity contribution in [3.8, 4) is 0 Å². The average molecular weight is 415 g/mol. The van der Waals surface area contributed by atoms with Crippen LogP contribution in [0.25, 0.3) is 0 Å². The van der Waals surface area contributed by atoms with Crippen LogP contribution in [-0.4, -0.2) is 79.8 Å². The third kappa shape index (κ3) is 5.34. The van der Waals surface area contributed by atoms with Crippen LogP contribution in [0.15, 0.2) is 18.2 Å². The van der Waals surface area contributed by atoms with Crippen molar-refractivity contribution < 1.29 is 9.53 Å². The molecule has 3 heterocycles. The Balaban J connectivity index is 1.30. The van der Waals surface area contributed by atoms with E-state index in [9.17, 15) is 4.79 Å². The van der Waals surface area contributed by atoms with E-state index in [4.69, 9.17) is 4.74 Å². The van der Waals surface area contributed by atoms with Crippen molar-refractivity contribution in [3.05, 3.63) is 23.8 Å². The topological polar surface area (TPSA) is 48.1 Å². The number of likely N-dealkylation sites (tertiary alicyclic amines) is 1. The lowest BCUT2D eigenvalue weighted by molar-refractivity contribution is -0.117. The molecule has 0 radical (unpaired) electrons. The Kier molecular flexibility index (Phi) is 6.96. The minimum atomic E-state index is 0.0997. The van der Waals surface area contributed by atoms with E-state index in [0.29, 0.717) is 24.8 Å². The first kappa shape index (κ1) is 21.6. The Morgan fingerprint density at radius 2 is 1.83 bits per heavy atom. The molecule has 0 spiro atoms. The summed E-state index contributed by atoms with van der Waals surface area (Å²) in [4.78, 5) is 20.1. The average Bonchev–Trinajstić information content (AvgIpc) is 3.35. The van der Waals surface area contributed by atoms with Crippen LogP contribution in [0.3, 0.4) is 0 Å². The first-order chi connectivity index (χ1) is 14.5. The lowest BCUT2D eigenvalue weighted by Crippen LogP contribution is -2.50. The van der Waals surface area contributed by atoms with Gasteiger partial charge in [0.25, 0.3) is 0 Å².